The largest absolute Gasteiger partial charge is 0.396 e. The van der Waals surface area contributed by atoms with Gasteiger partial charge in [0.25, 0.3) is 0 Å². The predicted molar refractivity (Wildman–Crippen MR) is 68.1 cm³/mol. The van der Waals surface area contributed by atoms with Crippen LogP contribution in [0.3, 0.4) is 0 Å². The highest BCUT2D eigenvalue weighted by molar-refractivity contribution is 5.92. The molecule has 2 aliphatic carbocycles. The van der Waals surface area contributed by atoms with E-state index in [1.165, 1.54) is 0 Å². The molecule has 1 aliphatic heterocycles. The van der Waals surface area contributed by atoms with E-state index in [1.54, 1.807) is 0 Å². The molecule has 5 atom stereocenters. The first-order valence-corrected chi connectivity index (χ1v) is 7.10. The molecule has 0 unspecified atom stereocenters. The molecule has 102 valence electrons. The fourth-order valence-electron chi connectivity index (χ4n) is 5.21. The van der Waals surface area contributed by atoms with Gasteiger partial charge in [0.15, 0.2) is 5.78 Å². The molecule has 0 amide bonds. The summed E-state index contributed by atoms with van der Waals surface area (Å²) in [6, 6.07) is 0. The van der Waals surface area contributed by atoms with Crippen LogP contribution in [-0.4, -0.2) is 29.2 Å². The number of carbonyl (C=O) groups is 1. The van der Waals surface area contributed by atoms with Gasteiger partial charge in [0.1, 0.15) is 11.7 Å². The number of epoxide rings is 1. The Bertz CT molecular complexity index is 403. The molecule has 0 bridgehead atoms. The van der Waals surface area contributed by atoms with Crippen LogP contribution in [0.4, 0.5) is 0 Å². The second kappa shape index (κ2) is 3.37. The van der Waals surface area contributed by atoms with E-state index in [-0.39, 0.29) is 41.2 Å². The molecule has 0 aromatic carbocycles. The Balaban J connectivity index is 2.08. The normalized spacial score (nSPS) is 53.6. The van der Waals surface area contributed by atoms with Gasteiger partial charge < -0.3 is 9.84 Å². The molecule has 1 N–H and O–H groups in total. The lowest BCUT2D eigenvalue weighted by Gasteiger charge is -2.56. The van der Waals surface area contributed by atoms with Gasteiger partial charge >= 0.3 is 0 Å². The molecule has 1 heterocycles. The summed E-state index contributed by atoms with van der Waals surface area (Å²) in [5, 5.41) is 9.82. The molecule has 0 aromatic rings. The lowest BCUT2D eigenvalue weighted by Crippen LogP contribution is -2.59. The highest BCUT2D eigenvalue weighted by Crippen LogP contribution is 2.66. The van der Waals surface area contributed by atoms with Crippen molar-refractivity contribution < 1.29 is 14.6 Å². The Morgan fingerprint density at radius 2 is 1.94 bits per heavy atom. The molecule has 3 fully saturated rings. The van der Waals surface area contributed by atoms with Crippen molar-refractivity contribution in [2.45, 2.75) is 58.7 Å². The van der Waals surface area contributed by atoms with Crippen LogP contribution < -0.4 is 0 Å². The van der Waals surface area contributed by atoms with E-state index < -0.39 is 5.60 Å². The number of ether oxygens (including phenoxy) is 1. The van der Waals surface area contributed by atoms with Crippen LogP contribution >= 0.6 is 0 Å². The molecule has 3 rings (SSSR count). The summed E-state index contributed by atoms with van der Waals surface area (Å²) in [6.45, 7) is 8.72. The quantitative estimate of drug-likeness (QED) is 0.728. The molecular formula is C15H24O3. The van der Waals surface area contributed by atoms with Gasteiger partial charge in [-0.25, -0.2) is 0 Å². The second-order valence-corrected chi connectivity index (χ2v) is 7.60. The molecule has 1 saturated heterocycles. The summed E-state index contributed by atoms with van der Waals surface area (Å²) in [6.07, 6.45) is 3.01. The average Bonchev–Trinajstić information content (AvgIpc) is 2.89. The SMILES string of the molecule is CC1(C)CCC[C@]2(C)[C@@H](CO)[C@@]3(C)O[C@H]3C(=O)[C@@H]12. The fourth-order valence-corrected chi connectivity index (χ4v) is 5.21. The zero-order chi connectivity index (χ0) is 13.3. The first-order chi connectivity index (χ1) is 8.27. The van der Waals surface area contributed by atoms with Gasteiger partial charge in [0.2, 0.25) is 0 Å². The van der Waals surface area contributed by atoms with E-state index in [9.17, 15) is 9.90 Å². The van der Waals surface area contributed by atoms with Gasteiger partial charge in [-0.15, -0.1) is 0 Å². The predicted octanol–water partition coefficient (Wildman–Crippen LogP) is 2.17. The molecule has 3 nitrogen and oxygen atoms in total. The van der Waals surface area contributed by atoms with Crippen LogP contribution in [0, 0.1) is 22.7 Å². The molecule has 0 spiro atoms. The summed E-state index contributed by atoms with van der Waals surface area (Å²) in [5.41, 5.74) is -0.468. The number of ketones is 1. The highest BCUT2D eigenvalue weighted by Gasteiger charge is 2.74. The Morgan fingerprint density at radius 1 is 1.28 bits per heavy atom. The van der Waals surface area contributed by atoms with Crippen molar-refractivity contribution in [2.75, 3.05) is 6.61 Å². The van der Waals surface area contributed by atoms with E-state index in [0.29, 0.717) is 0 Å². The molecule has 2 saturated carbocycles. The van der Waals surface area contributed by atoms with Crippen LogP contribution in [0.15, 0.2) is 0 Å². The van der Waals surface area contributed by atoms with Crippen molar-refractivity contribution in [1.82, 2.24) is 0 Å². The lowest BCUT2D eigenvalue weighted by atomic mass is 9.46. The Hall–Kier alpha value is -0.410. The second-order valence-electron chi connectivity index (χ2n) is 7.60. The summed E-state index contributed by atoms with van der Waals surface area (Å²) in [7, 11) is 0. The van der Waals surface area contributed by atoms with Crippen molar-refractivity contribution in [3.63, 3.8) is 0 Å². The van der Waals surface area contributed by atoms with Gasteiger partial charge in [-0.05, 0) is 30.6 Å². The highest BCUT2D eigenvalue weighted by atomic mass is 16.6. The standard InChI is InChI=1S/C15H24O3/c1-13(2)6-5-7-14(3)9(8-16)15(4)12(18-15)10(17)11(13)14/h9,11-12,16H,5-8H2,1-4H3/t9-,11+,12+,14-,15-/m1/s1. The summed E-state index contributed by atoms with van der Waals surface area (Å²) in [4.78, 5) is 12.7. The fraction of sp³-hybridized carbons (Fsp3) is 0.933. The first kappa shape index (κ1) is 12.6. The van der Waals surface area contributed by atoms with Crippen molar-refractivity contribution in [3.8, 4) is 0 Å². The van der Waals surface area contributed by atoms with E-state index in [4.69, 9.17) is 4.74 Å². The molecule has 0 radical (unpaired) electrons. The van der Waals surface area contributed by atoms with Crippen molar-refractivity contribution in [3.05, 3.63) is 0 Å². The molecule has 3 heteroatoms. The topological polar surface area (TPSA) is 49.8 Å². The smallest absolute Gasteiger partial charge is 0.168 e. The van der Waals surface area contributed by atoms with Crippen molar-refractivity contribution in [2.24, 2.45) is 22.7 Å². The van der Waals surface area contributed by atoms with E-state index in [2.05, 4.69) is 20.8 Å². The molecule has 3 aliphatic rings. The molecular weight excluding hydrogens is 228 g/mol. The van der Waals surface area contributed by atoms with E-state index in [1.807, 2.05) is 6.92 Å². The Morgan fingerprint density at radius 3 is 2.56 bits per heavy atom. The Kier molecular flexibility index (Phi) is 2.36. The number of fused-ring (bicyclic) bond motifs is 2. The molecule has 0 aromatic heterocycles. The number of carbonyl (C=O) groups excluding carboxylic acids is 1. The summed E-state index contributed by atoms with van der Waals surface area (Å²) >= 11 is 0. The maximum atomic E-state index is 12.7. The maximum absolute atomic E-state index is 12.7. The maximum Gasteiger partial charge on any atom is 0.168 e. The van der Waals surface area contributed by atoms with Crippen molar-refractivity contribution in [1.29, 1.82) is 0 Å². The lowest BCUT2D eigenvalue weighted by molar-refractivity contribution is -0.149. The van der Waals surface area contributed by atoms with Gasteiger partial charge in [-0.1, -0.05) is 27.2 Å². The Labute approximate surface area is 109 Å². The van der Waals surface area contributed by atoms with Crippen LogP contribution in [0.1, 0.15) is 47.0 Å². The third kappa shape index (κ3) is 1.30. The summed E-state index contributed by atoms with van der Waals surface area (Å²) < 4.78 is 5.72. The number of rotatable bonds is 1. The third-order valence-electron chi connectivity index (χ3n) is 6.03. The monoisotopic (exact) mass is 252 g/mol. The van der Waals surface area contributed by atoms with E-state index in [0.717, 1.165) is 19.3 Å². The molecule has 18 heavy (non-hydrogen) atoms. The number of aliphatic hydroxyl groups excluding tert-OH is 1. The number of aliphatic hydroxyl groups is 1. The van der Waals surface area contributed by atoms with Gasteiger partial charge in [-0.3, -0.25) is 4.79 Å². The zero-order valence-corrected chi connectivity index (χ0v) is 11.8. The summed E-state index contributed by atoms with van der Waals surface area (Å²) in [5.74, 6) is 0.420. The van der Waals surface area contributed by atoms with Gasteiger partial charge in [0, 0.05) is 18.4 Å². The third-order valence-corrected chi connectivity index (χ3v) is 6.03. The minimum Gasteiger partial charge on any atom is -0.396 e. The minimum absolute atomic E-state index is 0.0325. The number of hydrogen-bond acceptors (Lipinski definition) is 3. The minimum atomic E-state index is -0.398. The van der Waals surface area contributed by atoms with Crippen LogP contribution in [0.2, 0.25) is 0 Å². The van der Waals surface area contributed by atoms with Crippen LogP contribution in [0.5, 0.6) is 0 Å². The number of Topliss-reactive ketones (excluding diaryl/α,β-unsaturated/α-hetero) is 1. The van der Waals surface area contributed by atoms with E-state index >= 15 is 0 Å². The van der Waals surface area contributed by atoms with Gasteiger partial charge in [-0.2, -0.15) is 0 Å². The van der Waals surface area contributed by atoms with Gasteiger partial charge in [0.05, 0.1) is 0 Å². The van der Waals surface area contributed by atoms with Crippen LogP contribution in [0.25, 0.3) is 0 Å². The zero-order valence-electron chi connectivity index (χ0n) is 11.8. The average molecular weight is 252 g/mol. The first-order valence-electron chi connectivity index (χ1n) is 7.10. The van der Waals surface area contributed by atoms with Crippen molar-refractivity contribution >= 4 is 5.78 Å². The van der Waals surface area contributed by atoms with Crippen LogP contribution in [-0.2, 0) is 9.53 Å². The number of hydrogen-bond donors (Lipinski definition) is 1.